The van der Waals surface area contributed by atoms with Crippen LogP contribution < -0.4 is 16.0 Å². The van der Waals surface area contributed by atoms with Crippen molar-refractivity contribution in [3.05, 3.63) is 28.8 Å². The summed E-state index contributed by atoms with van der Waals surface area (Å²) in [4.78, 5) is 0. The van der Waals surface area contributed by atoms with Gasteiger partial charge in [-0.25, -0.2) is 5.43 Å². The van der Waals surface area contributed by atoms with Crippen LogP contribution in [0.4, 0.5) is 0 Å². The summed E-state index contributed by atoms with van der Waals surface area (Å²) in [5, 5.41) is 0. The standard InChI is InChI=1S/C12H18N2O2/c1-8-9(2)11(15-3)5-4-10(8)12(14-13)6-16-7-12/h4-5,14H,6-7,13H2,1-3H3. The first kappa shape index (κ1) is 11.4. The maximum atomic E-state index is 5.63. The predicted molar refractivity (Wildman–Crippen MR) is 62.3 cm³/mol. The molecule has 2 rings (SSSR count). The fourth-order valence-electron chi connectivity index (χ4n) is 2.16. The predicted octanol–water partition coefficient (Wildman–Crippen LogP) is 1.00. The lowest BCUT2D eigenvalue weighted by atomic mass is 9.84. The van der Waals surface area contributed by atoms with Gasteiger partial charge in [-0.1, -0.05) is 6.07 Å². The normalized spacial score (nSPS) is 18.0. The molecule has 0 amide bonds. The van der Waals surface area contributed by atoms with E-state index in [0.717, 1.165) is 11.3 Å². The molecule has 1 aromatic carbocycles. The monoisotopic (exact) mass is 222 g/mol. The molecule has 0 aromatic heterocycles. The first-order valence-electron chi connectivity index (χ1n) is 5.35. The van der Waals surface area contributed by atoms with Crippen LogP contribution in [0.25, 0.3) is 0 Å². The Kier molecular flexibility index (Phi) is 2.88. The zero-order chi connectivity index (χ0) is 11.8. The topological polar surface area (TPSA) is 56.5 Å². The SMILES string of the molecule is COc1ccc(C2(NN)COC2)c(C)c1C. The number of hydrogen-bond acceptors (Lipinski definition) is 4. The van der Waals surface area contributed by atoms with Gasteiger partial charge in [0.15, 0.2) is 0 Å². The Hall–Kier alpha value is -1.10. The van der Waals surface area contributed by atoms with Crippen LogP contribution in [0.1, 0.15) is 16.7 Å². The van der Waals surface area contributed by atoms with Crippen LogP contribution in [-0.4, -0.2) is 20.3 Å². The van der Waals surface area contributed by atoms with Gasteiger partial charge in [-0.05, 0) is 36.6 Å². The first-order chi connectivity index (χ1) is 7.64. The summed E-state index contributed by atoms with van der Waals surface area (Å²) in [6, 6.07) is 4.04. The minimum atomic E-state index is -0.221. The van der Waals surface area contributed by atoms with Crippen molar-refractivity contribution in [2.24, 2.45) is 5.84 Å². The second kappa shape index (κ2) is 4.05. The lowest BCUT2D eigenvalue weighted by molar-refractivity contribution is -0.0790. The number of nitrogens with one attached hydrogen (secondary N) is 1. The maximum absolute atomic E-state index is 5.63. The highest BCUT2D eigenvalue weighted by Crippen LogP contribution is 2.35. The molecule has 0 unspecified atom stereocenters. The summed E-state index contributed by atoms with van der Waals surface area (Å²) in [6.45, 7) is 5.39. The van der Waals surface area contributed by atoms with E-state index in [9.17, 15) is 0 Å². The zero-order valence-corrected chi connectivity index (χ0v) is 9.96. The maximum Gasteiger partial charge on any atom is 0.122 e. The Labute approximate surface area is 95.7 Å². The van der Waals surface area contributed by atoms with Crippen molar-refractivity contribution in [3.8, 4) is 5.75 Å². The molecule has 0 bridgehead atoms. The van der Waals surface area contributed by atoms with E-state index in [1.165, 1.54) is 11.1 Å². The highest BCUT2D eigenvalue weighted by Gasteiger charge is 2.40. The van der Waals surface area contributed by atoms with Crippen molar-refractivity contribution in [1.82, 2.24) is 5.43 Å². The molecule has 0 saturated carbocycles. The molecule has 1 aliphatic rings. The fourth-order valence-corrected chi connectivity index (χ4v) is 2.16. The third-order valence-electron chi connectivity index (χ3n) is 3.45. The Balaban J connectivity index is 2.46. The van der Waals surface area contributed by atoms with Gasteiger partial charge in [-0.3, -0.25) is 5.84 Å². The smallest absolute Gasteiger partial charge is 0.122 e. The van der Waals surface area contributed by atoms with E-state index in [1.54, 1.807) is 7.11 Å². The number of ether oxygens (including phenoxy) is 2. The molecule has 16 heavy (non-hydrogen) atoms. The minimum absolute atomic E-state index is 0.221. The number of rotatable bonds is 3. The molecular formula is C12H18N2O2. The van der Waals surface area contributed by atoms with Crippen LogP contribution in [0.5, 0.6) is 5.75 Å². The van der Waals surface area contributed by atoms with Crippen LogP contribution in [0, 0.1) is 13.8 Å². The van der Waals surface area contributed by atoms with Gasteiger partial charge < -0.3 is 9.47 Å². The fraction of sp³-hybridized carbons (Fsp3) is 0.500. The molecule has 1 fully saturated rings. The van der Waals surface area contributed by atoms with E-state index in [2.05, 4.69) is 25.3 Å². The lowest BCUT2D eigenvalue weighted by Gasteiger charge is -2.42. The van der Waals surface area contributed by atoms with E-state index in [0.29, 0.717) is 13.2 Å². The molecular weight excluding hydrogens is 204 g/mol. The largest absolute Gasteiger partial charge is 0.496 e. The van der Waals surface area contributed by atoms with Gasteiger partial charge in [0.05, 0.1) is 20.3 Å². The highest BCUT2D eigenvalue weighted by atomic mass is 16.5. The summed E-state index contributed by atoms with van der Waals surface area (Å²) < 4.78 is 10.6. The third kappa shape index (κ3) is 1.50. The Morgan fingerprint density at radius 2 is 2.00 bits per heavy atom. The number of nitrogens with two attached hydrogens (primary N) is 1. The zero-order valence-electron chi connectivity index (χ0n) is 9.96. The average molecular weight is 222 g/mol. The molecule has 1 saturated heterocycles. The van der Waals surface area contributed by atoms with Gasteiger partial charge in [0.1, 0.15) is 11.3 Å². The average Bonchev–Trinajstić information content (AvgIpc) is 2.23. The van der Waals surface area contributed by atoms with Crippen molar-refractivity contribution in [3.63, 3.8) is 0 Å². The second-order valence-electron chi connectivity index (χ2n) is 4.28. The van der Waals surface area contributed by atoms with E-state index in [-0.39, 0.29) is 5.54 Å². The Morgan fingerprint density at radius 1 is 1.31 bits per heavy atom. The van der Waals surface area contributed by atoms with Crippen molar-refractivity contribution >= 4 is 0 Å². The Morgan fingerprint density at radius 3 is 2.44 bits per heavy atom. The molecule has 4 nitrogen and oxygen atoms in total. The number of hydrogen-bond donors (Lipinski definition) is 2. The molecule has 4 heteroatoms. The van der Waals surface area contributed by atoms with E-state index >= 15 is 0 Å². The van der Waals surface area contributed by atoms with Crippen molar-refractivity contribution in [2.45, 2.75) is 19.4 Å². The summed E-state index contributed by atoms with van der Waals surface area (Å²) in [6.07, 6.45) is 0. The number of methoxy groups -OCH3 is 1. The number of hydrazine groups is 1. The summed E-state index contributed by atoms with van der Waals surface area (Å²) in [5.41, 5.74) is 6.21. The van der Waals surface area contributed by atoms with Crippen molar-refractivity contribution in [2.75, 3.05) is 20.3 Å². The third-order valence-corrected chi connectivity index (χ3v) is 3.45. The van der Waals surface area contributed by atoms with Crippen LogP contribution in [-0.2, 0) is 10.3 Å². The van der Waals surface area contributed by atoms with Crippen LogP contribution in [0.15, 0.2) is 12.1 Å². The van der Waals surface area contributed by atoms with E-state index < -0.39 is 0 Å². The van der Waals surface area contributed by atoms with Crippen molar-refractivity contribution < 1.29 is 9.47 Å². The van der Waals surface area contributed by atoms with Crippen LogP contribution in [0.3, 0.4) is 0 Å². The molecule has 0 spiro atoms. The summed E-state index contributed by atoms with van der Waals surface area (Å²) in [7, 11) is 1.69. The lowest BCUT2D eigenvalue weighted by Crippen LogP contribution is -2.60. The van der Waals surface area contributed by atoms with Gasteiger partial charge in [0.25, 0.3) is 0 Å². The van der Waals surface area contributed by atoms with Gasteiger partial charge in [-0.2, -0.15) is 0 Å². The number of benzene rings is 1. The van der Waals surface area contributed by atoms with Crippen LogP contribution in [0.2, 0.25) is 0 Å². The first-order valence-corrected chi connectivity index (χ1v) is 5.35. The van der Waals surface area contributed by atoms with E-state index in [1.807, 2.05) is 6.07 Å². The molecule has 1 heterocycles. The second-order valence-corrected chi connectivity index (χ2v) is 4.28. The highest BCUT2D eigenvalue weighted by molar-refractivity contribution is 5.47. The van der Waals surface area contributed by atoms with E-state index in [4.69, 9.17) is 15.3 Å². The summed E-state index contributed by atoms with van der Waals surface area (Å²) >= 11 is 0. The summed E-state index contributed by atoms with van der Waals surface area (Å²) in [5.74, 6) is 6.54. The van der Waals surface area contributed by atoms with Gasteiger partial charge in [0.2, 0.25) is 0 Å². The van der Waals surface area contributed by atoms with Crippen LogP contribution >= 0.6 is 0 Å². The minimum Gasteiger partial charge on any atom is -0.496 e. The molecule has 0 atom stereocenters. The Bertz CT molecular complexity index is 395. The quantitative estimate of drug-likeness (QED) is 0.592. The molecule has 0 aliphatic carbocycles. The van der Waals surface area contributed by atoms with Gasteiger partial charge >= 0.3 is 0 Å². The molecule has 3 N–H and O–H groups in total. The molecule has 88 valence electrons. The molecule has 0 radical (unpaired) electrons. The molecule has 1 aliphatic heterocycles. The molecule has 1 aromatic rings. The van der Waals surface area contributed by atoms with Gasteiger partial charge in [-0.15, -0.1) is 0 Å². The van der Waals surface area contributed by atoms with Crippen molar-refractivity contribution in [1.29, 1.82) is 0 Å². The van der Waals surface area contributed by atoms with Gasteiger partial charge in [0, 0.05) is 0 Å².